The Labute approximate surface area is 187 Å². The minimum atomic E-state index is -0.339. The molecule has 1 aromatic heterocycles. The van der Waals surface area contributed by atoms with Crippen LogP contribution >= 0.6 is 0 Å². The molecule has 0 unspecified atom stereocenters. The van der Waals surface area contributed by atoms with E-state index in [-0.39, 0.29) is 23.5 Å². The molecule has 3 aromatic rings. The van der Waals surface area contributed by atoms with Crippen LogP contribution in [0.25, 0.3) is 11.1 Å². The van der Waals surface area contributed by atoms with Crippen molar-refractivity contribution in [3.63, 3.8) is 0 Å². The summed E-state index contributed by atoms with van der Waals surface area (Å²) in [5, 5.41) is 0. The Morgan fingerprint density at radius 3 is 2.56 bits per heavy atom. The van der Waals surface area contributed by atoms with Crippen LogP contribution in [0.4, 0.5) is 4.39 Å². The van der Waals surface area contributed by atoms with Gasteiger partial charge in [0, 0.05) is 32.4 Å². The Balaban J connectivity index is 1.57. The molecule has 0 saturated carbocycles. The number of rotatable bonds is 5. The highest BCUT2D eigenvalue weighted by Gasteiger charge is 2.32. The molecular weight excluding hydrogens is 405 g/mol. The number of halogens is 1. The quantitative estimate of drug-likeness (QED) is 0.612. The second-order valence-electron chi connectivity index (χ2n) is 7.99. The largest absolute Gasteiger partial charge is 0.341 e. The van der Waals surface area contributed by atoms with Crippen LogP contribution in [-0.4, -0.2) is 52.8 Å². The van der Waals surface area contributed by atoms with E-state index in [1.54, 1.807) is 41.4 Å². The lowest BCUT2D eigenvalue weighted by atomic mass is 9.94. The lowest BCUT2D eigenvalue weighted by Gasteiger charge is -2.23. The van der Waals surface area contributed by atoms with Crippen LogP contribution in [-0.2, 0) is 11.2 Å². The lowest BCUT2D eigenvalue weighted by molar-refractivity contribution is -0.134. The van der Waals surface area contributed by atoms with Gasteiger partial charge in [0.2, 0.25) is 5.91 Å². The SMILES string of the molecule is CCN1CCN(C(=O)c2ccccn2)C[C@H](Cc2cccc(-c3ccc(F)cc3)c2)C1=O. The van der Waals surface area contributed by atoms with Gasteiger partial charge in [0.25, 0.3) is 5.91 Å². The highest BCUT2D eigenvalue weighted by molar-refractivity contribution is 5.93. The molecular formula is C26H26FN3O2. The minimum absolute atomic E-state index is 0.0657. The maximum atomic E-state index is 13.3. The molecule has 0 aliphatic carbocycles. The third kappa shape index (κ3) is 4.85. The Hall–Kier alpha value is -3.54. The van der Waals surface area contributed by atoms with E-state index in [1.165, 1.54) is 12.1 Å². The Bertz CT molecular complexity index is 1090. The van der Waals surface area contributed by atoms with Gasteiger partial charge in [-0.25, -0.2) is 4.39 Å². The highest BCUT2D eigenvalue weighted by atomic mass is 19.1. The topological polar surface area (TPSA) is 53.5 Å². The van der Waals surface area contributed by atoms with Crippen molar-refractivity contribution in [1.29, 1.82) is 0 Å². The van der Waals surface area contributed by atoms with Crippen LogP contribution in [0.5, 0.6) is 0 Å². The zero-order chi connectivity index (χ0) is 22.5. The van der Waals surface area contributed by atoms with E-state index < -0.39 is 0 Å². The normalized spacial score (nSPS) is 16.7. The van der Waals surface area contributed by atoms with Crippen LogP contribution in [0.3, 0.4) is 0 Å². The average molecular weight is 432 g/mol. The summed E-state index contributed by atoms with van der Waals surface area (Å²) < 4.78 is 13.3. The average Bonchev–Trinajstić information content (AvgIpc) is 2.98. The number of benzene rings is 2. The number of hydrogen-bond acceptors (Lipinski definition) is 3. The van der Waals surface area contributed by atoms with Crippen LogP contribution in [0.2, 0.25) is 0 Å². The Kier molecular flexibility index (Phi) is 6.59. The third-order valence-electron chi connectivity index (χ3n) is 5.88. The van der Waals surface area contributed by atoms with E-state index in [2.05, 4.69) is 4.98 Å². The molecule has 6 heteroatoms. The summed E-state index contributed by atoms with van der Waals surface area (Å²) >= 11 is 0. The monoisotopic (exact) mass is 431 g/mol. The molecule has 1 aliphatic heterocycles. The summed E-state index contributed by atoms with van der Waals surface area (Å²) in [5.41, 5.74) is 3.29. The van der Waals surface area contributed by atoms with Crippen LogP contribution in [0.1, 0.15) is 23.0 Å². The number of amides is 2. The van der Waals surface area contributed by atoms with Crippen LogP contribution < -0.4 is 0 Å². The lowest BCUT2D eigenvalue weighted by Crippen LogP contribution is -2.38. The van der Waals surface area contributed by atoms with Crippen LogP contribution in [0.15, 0.2) is 72.9 Å². The summed E-state index contributed by atoms with van der Waals surface area (Å²) in [5.74, 6) is -0.697. The van der Waals surface area contributed by atoms with Crippen molar-refractivity contribution in [3.8, 4) is 11.1 Å². The first-order valence-corrected chi connectivity index (χ1v) is 10.9. The molecule has 164 valence electrons. The zero-order valence-corrected chi connectivity index (χ0v) is 18.1. The van der Waals surface area contributed by atoms with E-state index in [9.17, 15) is 14.0 Å². The van der Waals surface area contributed by atoms with Gasteiger partial charge in [-0.2, -0.15) is 0 Å². The molecule has 1 aliphatic rings. The molecule has 0 bridgehead atoms. The molecule has 2 heterocycles. The fourth-order valence-corrected chi connectivity index (χ4v) is 4.15. The number of nitrogens with zero attached hydrogens (tertiary/aromatic N) is 3. The van der Waals surface area contributed by atoms with Gasteiger partial charge in [-0.1, -0.05) is 42.5 Å². The van der Waals surface area contributed by atoms with Crippen molar-refractivity contribution in [2.45, 2.75) is 13.3 Å². The van der Waals surface area contributed by atoms with Gasteiger partial charge in [-0.3, -0.25) is 14.6 Å². The molecule has 1 saturated heterocycles. The second kappa shape index (κ2) is 9.73. The fraction of sp³-hybridized carbons (Fsp3) is 0.269. The number of aromatic nitrogens is 1. The van der Waals surface area contributed by atoms with Crippen molar-refractivity contribution in [3.05, 3.63) is 90.0 Å². The first-order chi connectivity index (χ1) is 15.5. The standard InChI is InChI=1S/C26H26FN3O2/c1-2-29-14-15-30(26(32)24-8-3-4-13-28-24)18-22(25(29)31)17-19-6-5-7-21(16-19)20-9-11-23(27)12-10-20/h3-13,16,22H,2,14-15,17-18H2,1H3/t22-/m0/s1. The number of hydrogen-bond donors (Lipinski definition) is 0. The third-order valence-corrected chi connectivity index (χ3v) is 5.88. The summed E-state index contributed by atoms with van der Waals surface area (Å²) in [6, 6.07) is 19.6. The van der Waals surface area contributed by atoms with Gasteiger partial charge in [0.15, 0.2) is 0 Å². The van der Waals surface area contributed by atoms with Gasteiger partial charge < -0.3 is 9.80 Å². The molecule has 0 radical (unpaired) electrons. The first-order valence-electron chi connectivity index (χ1n) is 10.9. The van der Waals surface area contributed by atoms with Crippen molar-refractivity contribution in [2.75, 3.05) is 26.2 Å². The van der Waals surface area contributed by atoms with E-state index in [4.69, 9.17) is 0 Å². The molecule has 5 nitrogen and oxygen atoms in total. The predicted octanol–water partition coefficient (Wildman–Crippen LogP) is 4.05. The zero-order valence-electron chi connectivity index (χ0n) is 18.1. The van der Waals surface area contributed by atoms with Gasteiger partial charge in [-0.05, 0) is 54.3 Å². The summed E-state index contributed by atoms with van der Waals surface area (Å²) in [6.45, 7) is 3.92. The number of carbonyl (C=O) groups excluding carboxylic acids is 2. The van der Waals surface area contributed by atoms with Crippen molar-refractivity contribution >= 4 is 11.8 Å². The number of pyridine rings is 1. The predicted molar refractivity (Wildman–Crippen MR) is 121 cm³/mol. The molecule has 1 fully saturated rings. The smallest absolute Gasteiger partial charge is 0.272 e. The van der Waals surface area contributed by atoms with Crippen molar-refractivity contribution < 1.29 is 14.0 Å². The molecule has 1 atom stereocenters. The number of likely N-dealkylation sites (N-methyl/N-ethyl adjacent to an activating group) is 1. The molecule has 0 spiro atoms. The fourth-order valence-electron chi connectivity index (χ4n) is 4.15. The van der Waals surface area contributed by atoms with Gasteiger partial charge in [-0.15, -0.1) is 0 Å². The van der Waals surface area contributed by atoms with Gasteiger partial charge in [0.1, 0.15) is 11.5 Å². The Morgan fingerprint density at radius 1 is 1.03 bits per heavy atom. The van der Waals surface area contributed by atoms with Gasteiger partial charge >= 0.3 is 0 Å². The molecule has 2 amide bonds. The molecule has 0 N–H and O–H groups in total. The van der Waals surface area contributed by atoms with Crippen molar-refractivity contribution in [2.24, 2.45) is 5.92 Å². The first kappa shape index (κ1) is 21.7. The van der Waals surface area contributed by atoms with E-state index in [0.717, 1.165) is 16.7 Å². The van der Waals surface area contributed by atoms with Crippen LogP contribution in [0, 0.1) is 11.7 Å². The van der Waals surface area contributed by atoms with Crippen molar-refractivity contribution in [1.82, 2.24) is 14.8 Å². The Morgan fingerprint density at radius 2 is 1.84 bits per heavy atom. The molecule has 4 rings (SSSR count). The molecule has 32 heavy (non-hydrogen) atoms. The molecule has 2 aromatic carbocycles. The second-order valence-corrected chi connectivity index (χ2v) is 7.99. The van der Waals surface area contributed by atoms with Gasteiger partial charge in [0.05, 0.1) is 5.92 Å². The maximum absolute atomic E-state index is 13.3. The maximum Gasteiger partial charge on any atom is 0.272 e. The minimum Gasteiger partial charge on any atom is -0.341 e. The van der Waals surface area contributed by atoms with E-state index in [0.29, 0.717) is 38.3 Å². The number of carbonyl (C=O) groups is 2. The summed E-state index contributed by atoms with van der Waals surface area (Å²) in [6.07, 6.45) is 2.13. The summed E-state index contributed by atoms with van der Waals surface area (Å²) in [4.78, 5) is 34.0. The highest BCUT2D eigenvalue weighted by Crippen LogP contribution is 2.24. The summed E-state index contributed by atoms with van der Waals surface area (Å²) in [7, 11) is 0. The van der Waals surface area contributed by atoms with E-state index >= 15 is 0 Å². The van der Waals surface area contributed by atoms with E-state index in [1.807, 2.05) is 36.1 Å².